The third-order valence-electron chi connectivity index (χ3n) is 8.05. The van der Waals surface area contributed by atoms with Crippen molar-refractivity contribution in [3.05, 3.63) is 81.8 Å². The number of halogens is 2. The van der Waals surface area contributed by atoms with Gasteiger partial charge in [-0.1, -0.05) is 66.2 Å². The van der Waals surface area contributed by atoms with Crippen LogP contribution in [0.15, 0.2) is 65.6 Å². The van der Waals surface area contributed by atoms with E-state index in [1.54, 1.807) is 49.4 Å². The summed E-state index contributed by atoms with van der Waals surface area (Å²) in [5, 5.41) is 3.72. The first-order valence-corrected chi connectivity index (χ1v) is 17.0. The molecule has 0 aromatic heterocycles. The predicted octanol–water partition coefficient (Wildman–Crippen LogP) is 6.38. The molecular formula is C33H39Cl2N3O6S. The molecule has 1 aliphatic rings. The van der Waals surface area contributed by atoms with Crippen molar-refractivity contribution >= 4 is 50.7 Å². The van der Waals surface area contributed by atoms with Gasteiger partial charge in [-0.15, -0.1) is 0 Å². The Kier molecular flexibility index (Phi) is 11.6. The molecule has 1 atom stereocenters. The van der Waals surface area contributed by atoms with Crippen LogP contribution in [0.3, 0.4) is 0 Å². The molecule has 3 aromatic carbocycles. The number of nitrogens with one attached hydrogen (secondary N) is 1. The molecule has 0 radical (unpaired) electrons. The Hall–Kier alpha value is -3.47. The van der Waals surface area contributed by atoms with Crippen LogP contribution in [0.5, 0.6) is 11.5 Å². The lowest BCUT2D eigenvalue weighted by Crippen LogP contribution is -2.53. The van der Waals surface area contributed by atoms with Crippen LogP contribution in [0, 0.1) is 6.92 Å². The van der Waals surface area contributed by atoms with Gasteiger partial charge in [0.1, 0.15) is 24.1 Å². The number of amides is 2. The number of nitrogens with zero attached hydrogens (tertiary/aromatic N) is 2. The number of rotatable bonds is 12. The average Bonchev–Trinajstić information content (AvgIpc) is 3.03. The third kappa shape index (κ3) is 8.23. The van der Waals surface area contributed by atoms with Crippen LogP contribution in [0.2, 0.25) is 10.0 Å². The number of hydrogen-bond donors (Lipinski definition) is 1. The first kappa shape index (κ1) is 34.4. The quantitative estimate of drug-likeness (QED) is 0.239. The number of carbonyl (C=O) groups is 2. The molecule has 45 heavy (non-hydrogen) atoms. The lowest BCUT2D eigenvalue weighted by Gasteiger charge is -2.34. The summed E-state index contributed by atoms with van der Waals surface area (Å²) in [7, 11) is -1.45. The van der Waals surface area contributed by atoms with E-state index < -0.39 is 28.5 Å². The first-order valence-electron chi connectivity index (χ1n) is 14.8. The van der Waals surface area contributed by atoms with Gasteiger partial charge in [0.15, 0.2) is 0 Å². The molecule has 12 heteroatoms. The van der Waals surface area contributed by atoms with E-state index in [0.717, 1.165) is 42.0 Å². The van der Waals surface area contributed by atoms with Gasteiger partial charge >= 0.3 is 0 Å². The Balaban J connectivity index is 1.78. The van der Waals surface area contributed by atoms with Crippen molar-refractivity contribution in [2.45, 2.75) is 69.5 Å². The van der Waals surface area contributed by atoms with Crippen LogP contribution in [0.1, 0.15) is 50.2 Å². The molecule has 0 aliphatic heterocycles. The highest BCUT2D eigenvalue weighted by atomic mass is 35.5. The molecule has 0 bridgehead atoms. The second-order valence-electron chi connectivity index (χ2n) is 11.1. The summed E-state index contributed by atoms with van der Waals surface area (Å²) in [6, 6.07) is 15.0. The number of benzene rings is 3. The normalized spacial score (nSPS) is 14.4. The van der Waals surface area contributed by atoms with E-state index in [1.165, 1.54) is 37.3 Å². The molecule has 3 aromatic rings. The van der Waals surface area contributed by atoms with E-state index in [4.69, 9.17) is 32.7 Å². The van der Waals surface area contributed by atoms with E-state index in [9.17, 15) is 18.0 Å². The Labute approximate surface area is 275 Å². The zero-order valence-corrected chi connectivity index (χ0v) is 28.2. The average molecular weight is 677 g/mol. The number of aryl methyl sites for hydroxylation is 1. The molecule has 0 unspecified atom stereocenters. The Bertz CT molecular complexity index is 1590. The second-order valence-corrected chi connectivity index (χ2v) is 13.8. The number of ether oxygens (including phenoxy) is 2. The van der Waals surface area contributed by atoms with Crippen LogP contribution < -0.4 is 19.1 Å². The molecule has 0 saturated heterocycles. The van der Waals surface area contributed by atoms with E-state index in [1.807, 2.05) is 6.92 Å². The van der Waals surface area contributed by atoms with Crippen LogP contribution in [-0.4, -0.2) is 58.0 Å². The summed E-state index contributed by atoms with van der Waals surface area (Å²) in [5.41, 5.74) is 1.41. The monoisotopic (exact) mass is 675 g/mol. The maximum Gasteiger partial charge on any atom is 0.264 e. The maximum absolute atomic E-state index is 14.4. The SMILES string of the molecule is COc1ccc(OC)c(N(CC(=O)N(Cc2c(Cl)cccc2Cl)[C@H](C)C(=O)NC2CCCCC2)S(=O)(=O)c2ccc(C)cc2)c1. The van der Waals surface area contributed by atoms with Crippen LogP contribution in [0.25, 0.3) is 0 Å². The minimum atomic E-state index is -4.32. The van der Waals surface area contributed by atoms with Gasteiger partial charge in [0.05, 0.1) is 24.8 Å². The number of anilines is 1. The summed E-state index contributed by atoms with van der Waals surface area (Å²) in [5.74, 6) is -0.409. The van der Waals surface area contributed by atoms with Gasteiger partial charge < -0.3 is 19.7 Å². The van der Waals surface area contributed by atoms with Crippen molar-refractivity contribution in [2.75, 3.05) is 25.1 Å². The predicted molar refractivity (Wildman–Crippen MR) is 177 cm³/mol. The summed E-state index contributed by atoms with van der Waals surface area (Å²) in [6.45, 7) is 2.69. The molecule has 9 nitrogen and oxygen atoms in total. The van der Waals surface area contributed by atoms with Gasteiger partial charge in [-0.05, 0) is 63.1 Å². The van der Waals surface area contributed by atoms with E-state index >= 15 is 0 Å². The highest BCUT2D eigenvalue weighted by Gasteiger charge is 2.35. The van der Waals surface area contributed by atoms with Gasteiger partial charge in [0.25, 0.3) is 10.0 Å². The maximum atomic E-state index is 14.4. The van der Waals surface area contributed by atoms with Crippen LogP contribution >= 0.6 is 23.2 Å². The van der Waals surface area contributed by atoms with Gasteiger partial charge in [-0.3, -0.25) is 13.9 Å². The summed E-state index contributed by atoms with van der Waals surface area (Å²) < 4.78 is 40.4. The number of methoxy groups -OCH3 is 2. The molecular weight excluding hydrogens is 637 g/mol. The van der Waals surface area contributed by atoms with E-state index in [0.29, 0.717) is 21.4 Å². The molecule has 0 heterocycles. The van der Waals surface area contributed by atoms with Crippen molar-refractivity contribution in [2.24, 2.45) is 0 Å². The van der Waals surface area contributed by atoms with Crippen LogP contribution in [-0.2, 0) is 26.2 Å². The largest absolute Gasteiger partial charge is 0.497 e. The Morgan fingerprint density at radius 2 is 1.60 bits per heavy atom. The van der Waals surface area contributed by atoms with Crippen molar-refractivity contribution in [3.8, 4) is 11.5 Å². The van der Waals surface area contributed by atoms with Gasteiger partial charge in [0, 0.05) is 34.3 Å². The molecule has 1 N–H and O–H groups in total. The lowest BCUT2D eigenvalue weighted by molar-refractivity contribution is -0.139. The lowest BCUT2D eigenvalue weighted by atomic mass is 9.95. The fourth-order valence-electron chi connectivity index (χ4n) is 5.35. The minimum Gasteiger partial charge on any atom is -0.497 e. The second kappa shape index (κ2) is 15.2. The summed E-state index contributed by atoms with van der Waals surface area (Å²) in [6.07, 6.45) is 4.88. The first-order chi connectivity index (χ1) is 21.5. The number of sulfonamides is 1. The molecule has 2 amide bonds. The van der Waals surface area contributed by atoms with Crippen molar-refractivity contribution < 1.29 is 27.5 Å². The zero-order valence-electron chi connectivity index (χ0n) is 25.9. The fraction of sp³-hybridized carbons (Fsp3) is 0.394. The Morgan fingerprint density at radius 1 is 0.956 bits per heavy atom. The van der Waals surface area contributed by atoms with Gasteiger partial charge in [0.2, 0.25) is 11.8 Å². The number of hydrogen-bond acceptors (Lipinski definition) is 6. The zero-order chi connectivity index (χ0) is 32.7. The molecule has 1 saturated carbocycles. The molecule has 1 fully saturated rings. The summed E-state index contributed by atoms with van der Waals surface area (Å²) >= 11 is 13.0. The molecule has 0 spiro atoms. The molecule has 1 aliphatic carbocycles. The van der Waals surface area contributed by atoms with E-state index in [2.05, 4.69) is 5.32 Å². The van der Waals surface area contributed by atoms with E-state index in [-0.39, 0.29) is 34.8 Å². The fourth-order valence-corrected chi connectivity index (χ4v) is 7.28. The Morgan fingerprint density at radius 3 is 2.20 bits per heavy atom. The number of carbonyl (C=O) groups excluding carboxylic acids is 2. The van der Waals surface area contributed by atoms with Crippen molar-refractivity contribution in [1.82, 2.24) is 10.2 Å². The molecule has 4 rings (SSSR count). The highest BCUT2D eigenvalue weighted by Crippen LogP contribution is 2.36. The van der Waals surface area contributed by atoms with Crippen molar-refractivity contribution in [1.29, 1.82) is 0 Å². The van der Waals surface area contributed by atoms with Crippen molar-refractivity contribution in [3.63, 3.8) is 0 Å². The minimum absolute atomic E-state index is 0.00834. The summed E-state index contributed by atoms with van der Waals surface area (Å²) in [4.78, 5) is 29.2. The topological polar surface area (TPSA) is 105 Å². The van der Waals surface area contributed by atoms with Crippen LogP contribution in [0.4, 0.5) is 5.69 Å². The highest BCUT2D eigenvalue weighted by molar-refractivity contribution is 7.92. The molecule has 242 valence electrons. The third-order valence-corrected chi connectivity index (χ3v) is 10.5. The van der Waals surface area contributed by atoms with Gasteiger partial charge in [-0.25, -0.2) is 8.42 Å². The standard InChI is InChI=1S/C33H39Cl2N3O6S/c1-22-13-16-26(17-14-22)45(41,42)38(30-19-25(43-3)15-18-31(30)44-4)21-32(39)37(20-27-28(34)11-8-12-29(27)35)23(2)33(40)36-24-9-6-5-7-10-24/h8,11-19,23-24H,5-7,9-10,20-21H2,1-4H3,(H,36,40)/t23-/m1/s1. The van der Waals surface area contributed by atoms with Gasteiger partial charge in [-0.2, -0.15) is 0 Å². The smallest absolute Gasteiger partial charge is 0.264 e.